The summed E-state index contributed by atoms with van der Waals surface area (Å²) in [6.07, 6.45) is 1.32. The minimum Gasteiger partial charge on any atom is -0.264 e. The first-order chi connectivity index (χ1) is 3.71. The van der Waals surface area contributed by atoms with Crippen molar-refractivity contribution in [1.82, 2.24) is 4.72 Å². The molecule has 0 spiro atoms. The number of hydrogen-bond acceptors (Lipinski definition) is 2. The molecule has 1 aliphatic heterocycles. The van der Waals surface area contributed by atoms with E-state index in [2.05, 4.69) is 18.6 Å². The van der Waals surface area contributed by atoms with E-state index in [1.807, 2.05) is 11.9 Å². The van der Waals surface area contributed by atoms with Crippen molar-refractivity contribution in [2.45, 2.75) is 20.3 Å². The SMILES string of the molecule is CC1(C)CCNSC1. The molecule has 0 aliphatic carbocycles. The Kier molecular flexibility index (Phi) is 1.83. The molecular formula is C6H13NS. The van der Waals surface area contributed by atoms with E-state index in [1.54, 1.807) is 0 Å². The van der Waals surface area contributed by atoms with Crippen molar-refractivity contribution < 1.29 is 0 Å². The molecule has 1 nitrogen and oxygen atoms in total. The van der Waals surface area contributed by atoms with Crippen LogP contribution in [0.2, 0.25) is 0 Å². The quantitative estimate of drug-likeness (QED) is 0.502. The standard InChI is InChI=1S/C6H13NS/c1-6(2)3-4-7-8-5-6/h7H,3-5H2,1-2H3. The summed E-state index contributed by atoms with van der Waals surface area (Å²) < 4.78 is 3.26. The van der Waals surface area contributed by atoms with Crippen molar-refractivity contribution >= 4 is 11.9 Å². The molecule has 0 atom stereocenters. The Bertz CT molecular complexity index is 72.6. The molecule has 1 heterocycles. The van der Waals surface area contributed by atoms with Crippen LogP contribution in [0.1, 0.15) is 20.3 Å². The maximum Gasteiger partial charge on any atom is 0.0130 e. The van der Waals surface area contributed by atoms with Crippen molar-refractivity contribution in [3.63, 3.8) is 0 Å². The van der Waals surface area contributed by atoms with Crippen molar-refractivity contribution in [1.29, 1.82) is 0 Å². The van der Waals surface area contributed by atoms with Gasteiger partial charge in [0.1, 0.15) is 0 Å². The summed E-state index contributed by atoms with van der Waals surface area (Å²) in [5.74, 6) is 1.26. The normalized spacial score (nSPS) is 27.8. The lowest BCUT2D eigenvalue weighted by Crippen LogP contribution is -2.28. The van der Waals surface area contributed by atoms with Crippen molar-refractivity contribution in [2.24, 2.45) is 5.41 Å². The topological polar surface area (TPSA) is 12.0 Å². The van der Waals surface area contributed by atoms with Gasteiger partial charge in [0.2, 0.25) is 0 Å². The molecule has 1 aliphatic rings. The van der Waals surface area contributed by atoms with Gasteiger partial charge in [0.15, 0.2) is 0 Å². The van der Waals surface area contributed by atoms with Crippen LogP contribution >= 0.6 is 11.9 Å². The predicted molar refractivity (Wildman–Crippen MR) is 38.9 cm³/mol. The Morgan fingerprint density at radius 3 is 2.50 bits per heavy atom. The maximum atomic E-state index is 3.26. The lowest BCUT2D eigenvalue weighted by Gasteiger charge is -2.28. The third-order valence-electron chi connectivity index (χ3n) is 1.47. The van der Waals surface area contributed by atoms with Crippen LogP contribution in [0.3, 0.4) is 0 Å². The fourth-order valence-corrected chi connectivity index (χ4v) is 1.66. The van der Waals surface area contributed by atoms with Crippen molar-refractivity contribution in [3.05, 3.63) is 0 Å². The average Bonchev–Trinajstić information content (AvgIpc) is 1.65. The summed E-state index contributed by atoms with van der Waals surface area (Å²) >= 11 is 1.85. The second-order valence-electron chi connectivity index (χ2n) is 3.10. The molecule has 2 heteroatoms. The van der Waals surface area contributed by atoms with Gasteiger partial charge in [0.25, 0.3) is 0 Å². The average molecular weight is 131 g/mol. The summed E-state index contributed by atoms with van der Waals surface area (Å²) in [4.78, 5) is 0. The number of rotatable bonds is 0. The van der Waals surface area contributed by atoms with Crippen LogP contribution in [0.5, 0.6) is 0 Å². The lowest BCUT2D eigenvalue weighted by atomic mass is 9.92. The van der Waals surface area contributed by atoms with E-state index in [4.69, 9.17) is 0 Å². The van der Waals surface area contributed by atoms with E-state index < -0.39 is 0 Å². The fourth-order valence-electron chi connectivity index (χ4n) is 0.780. The highest BCUT2D eigenvalue weighted by Crippen LogP contribution is 2.27. The fraction of sp³-hybridized carbons (Fsp3) is 1.00. The molecule has 1 fully saturated rings. The Labute approximate surface area is 55.4 Å². The van der Waals surface area contributed by atoms with Gasteiger partial charge in [0.05, 0.1) is 0 Å². The molecule has 0 aromatic carbocycles. The molecule has 0 amide bonds. The van der Waals surface area contributed by atoms with E-state index in [0.717, 1.165) is 0 Å². The van der Waals surface area contributed by atoms with Crippen LogP contribution in [-0.4, -0.2) is 12.3 Å². The van der Waals surface area contributed by atoms with Gasteiger partial charge in [-0.2, -0.15) is 0 Å². The van der Waals surface area contributed by atoms with E-state index in [-0.39, 0.29) is 0 Å². The van der Waals surface area contributed by atoms with Crippen LogP contribution in [0.25, 0.3) is 0 Å². The van der Waals surface area contributed by atoms with Gasteiger partial charge in [-0.3, -0.25) is 4.72 Å². The van der Waals surface area contributed by atoms with E-state index in [9.17, 15) is 0 Å². The summed E-state index contributed by atoms with van der Waals surface area (Å²) in [6, 6.07) is 0. The summed E-state index contributed by atoms with van der Waals surface area (Å²) in [6.45, 7) is 5.82. The minimum absolute atomic E-state index is 0.579. The molecule has 0 saturated carbocycles. The van der Waals surface area contributed by atoms with Crippen LogP contribution in [0.4, 0.5) is 0 Å². The molecule has 48 valence electrons. The van der Waals surface area contributed by atoms with E-state index >= 15 is 0 Å². The Hall–Kier alpha value is 0.310. The minimum atomic E-state index is 0.579. The van der Waals surface area contributed by atoms with Crippen LogP contribution in [0.15, 0.2) is 0 Å². The summed E-state index contributed by atoms with van der Waals surface area (Å²) in [5, 5.41) is 0. The van der Waals surface area contributed by atoms with Gasteiger partial charge >= 0.3 is 0 Å². The smallest absolute Gasteiger partial charge is 0.0130 e. The zero-order valence-electron chi connectivity index (χ0n) is 5.53. The lowest BCUT2D eigenvalue weighted by molar-refractivity contribution is 0.377. The molecule has 0 bridgehead atoms. The van der Waals surface area contributed by atoms with E-state index in [1.165, 1.54) is 18.7 Å². The summed E-state index contributed by atoms with van der Waals surface area (Å²) in [7, 11) is 0. The second kappa shape index (κ2) is 2.28. The van der Waals surface area contributed by atoms with Crippen LogP contribution in [0, 0.1) is 5.41 Å². The predicted octanol–water partition coefficient (Wildman–Crippen LogP) is 1.65. The monoisotopic (exact) mass is 131 g/mol. The largest absolute Gasteiger partial charge is 0.264 e. The van der Waals surface area contributed by atoms with Gasteiger partial charge in [-0.1, -0.05) is 25.8 Å². The first kappa shape index (κ1) is 6.43. The van der Waals surface area contributed by atoms with Gasteiger partial charge in [-0.05, 0) is 11.8 Å². The molecule has 8 heavy (non-hydrogen) atoms. The van der Waals surface area contributed by atoms with E-state index in [0.29, 0.717) is 5.41 Å². The van der Waals surface area contributed by atoms with Gasteiger partial charge < -0.3 is 0 Å². The second-order valence-corrected chi connectivity index (χ2v) is 3.96. The molecule has 1 N–H and O–H groups in total. The molecule has 0 aromatic heterocycles. The third kappa shape index (κ3) is 1.67. The zero-order chi connectivity index (χ0) is 6.04. The first-order valence-corrected chi connectivity index (χ1v) is 4.04. The first-order valence-electron chi connectivity index (χ1n) is 3.05. The highest BCUT2D eigenvalue weighted by molar-refractivity contribution is 7.97. The highest BCUT2D eigenvalue weighted by Gasteiger charge is 2.20. The Morgan fingerprint density at radius 2 is 2.25 bits per heavy atom. The Balaban J connectivity index is 2.33. The summed E-state index contributed by atoms with van der Waals surface area (Å²) in [5.41, 5.74) is 0.579. The molecule has 1 saturated heterocycles. The van der Waals surface area contributed by atoms with Gasteiger partial charge in [-0.15, -0.1) is 0 Å². The van der Waals surface area contributed by atoms with Gasteiger partial charge in [0, 0.05) is 12.3 Å². The molecule has 0 aromatic rings. The highest BCUT2D eigenvalue weighted by atomic mass is 32.2. The molecule has 0 radical (unpaired) electrons. The molecular weight excluding hydrogens is 118 g/mol. The Morgan fingerprint density at radius 1 is 1.50 bits per heavy atom. The maximum absolute atomic E-state index is 3.26. The number of hydrogen-bond donors (Lipinski definition) is 1. The van der Waals surface area contributed by atoms with Crippen molar-refractivity contribution in [3.8, 4) is 0 Å². The number of nitrogens with one attached hydrogen (secondary N) is 1. The zero-order valence-corrected chi connectivity index (χ0v) is 6.35. The third-order valence-corrected chi connectivity index (χ3v) is 2.80. The van der Waals surface area contributed by atoms with Gasteiger partial charge in [-0.25, -0.2) is 0 Å². The van der Waals surface area contributed by atoms with Crippen LogP contribution < -0.4 is 4.72 Å². The molecule has 0 unspecified atom stereocenters. The molecule has 1 rings (SSSR count). The van der Waals surface area contributed by atoms with Crippen molar-refractivity contribution in [2.75, 3.05) is 12.3 Å². The van der Waals surface area contributed by atoms with Crippen LogP contribution in [-0.2, 0) is 0 Å².